The Morgan fingerprint density at radius 1 is 1.05 bits per heavy atom. The molecule has 0 fully saturated rings. The third-order valence-corrected chi connectivity index (χ3v) is 3.59. The third kappa shape index (κ3) is 4.58. The van der Waals surface area contributed by atoms with Crippen molar-refractivity contribution in [2.24, 2.45) is 0 Å². The van der Waals surface area contributed by atoms with E-state index >= 15 is 0 Å². The average Bonchev–Trinajstić information content (AvgIpc) is 2.53. The lowest BCUT2D eigenvalue weighted by atomic mass is 10.1. The molecule has 0 spiro atoms. The summed E-state index contributed by atoms with van der Waals surface area (Å²) in [5.74, 6) is -1.09. The molecule has 0 unspecified atom stereocenters. The molecule has 0 saturated carbocycles. The standard InChI is InChI=1S/C18H20FNO2/c1-2-14-5-9-17(10-6-14)20(12-11-18(21)22)13-15-3-7-16(19)8-4-15/h3-10H,2,11-13H2,1H3,(H,21,22). The number of rotatable bonds is 7. The summed E-state index contributed by atoms with van der Waals surface area (Å²) >= 11 is 0. The predicted molar refractivity (Wildman–Crippen MR) is 85.5 cm³/mol. The van der Waals surface area contributed by atoms with Crippen LogP contribution in [-0.2, 0) is 17.8 Å². The van der Waals surface area contributed by atoms with Crippen molar-refractivity contribution >= 4 is 11.7 Å². The van der Waals surface area contributed by atoms with Crippen LogP contribution in [0.1, 0.15) is 24.5 Å². The van der Waals surface area contributed by atoms with Gasteiger partial charge in [0, 0.05) is 18.8 Å². The highest BCUT2D eigenvalue weighted by Gasteiger charge is 2.10. The molecule has 0 saturated heterocycles. The molecule has 0 radical (unpaired) electrons. The summed E-state index contributed by atoms with van der Waals surface area (Å²) in [4.78, 5) is 12.9. The second kappa shape index (κ2) is 7.59. The Labute approximate surface area is 130 Å². The number of hydrogen-bond acceptors (Lipinski definition) is 2. The van der Waals surface area contributed by atoms with Crippen LogP contribution in [0.15, 0.2) is 48.5 Å². The van der Waals surface area contributed by atoms with Gasteiger partial charge in [-0.1, -0.05) is 31.2 Å². The average molecular weight is 301 g/mol. The third-order valence-electron chi connectivity index (χ3n) is 3.59. The number of anilines is 1. The van der Waals surface area contributed by atoms with Crippen molar-refractivity contribution in [3.05, 3.63) is 65.5 Å². The lowest BCUT2D eigenvalue weighted by Crippen LogP contribution is -2.25. The van der Waals surface area contributed by atoms with E-state index in [1.54, 1.807) is 12.1 Å². The first-order valence-corrected chi connectivity index (χ1v) is 7.38. The number of carboxylic acid groups (broad SMARTS) is 1. The number of aliphatic carboxylic acids is 1. The Bertz CT molecular complexity index is 608. The van der Waals surface area contributed by atoms with Gasteiger partial charge in [0.15, 0.2) is 0 Å². The normalized spacial score (nSPS) is 10.5. The highest BCUT2D eigenvalue weighted by atomic mass is 19.1. The Hall–Kier alpha value is -2.36. The van der Waals surface area contributed by atoms with Gasteiger partial charge in [-0.05, 0) is 41.8 Å². The fraction of sp³-hybridized carbons (Fsp3) is 0.278. The van der Waals surface area contributed by atoms with E-state index < -0.39 is 5.97 Å². The van der Waals surface area contributed by atoms with Crippen molar-refractivity contribution in [2.45, 2.75) is 26.3 Å². The van der Waals surface area contributed by atoms with Gasteiger partial charge >= 0.3 is 5.97 Å². The Kier molecular flexibility index (Phi) is 5.53. The van der Waals surface area contributed by atoms with E-state index in [1.807, 2.05) is 29.2 Å². The van der Waals surface area contributed by atoms with Gasteiger partial charge in [0.05, 0.1) is 6.42 Å². The summed E-state index contributed by atoms with van der Waals surface area (Å²) in [5, 5.41) is 8.92. The van der Waals surface area contributed by atoms with E-state index in [-0.39, 0.29) is 12.2 Å². The van der Waals surface area contributed by atoms with E-state index in [0.717, 1.165) is 17.7 Å². The van der Waals surface area contributed by atoms with E-state index in [1.165, 1.54) is 17.7 Å². The summed E-state index contributed by atoms with van der Waals surface area (Å²) < 4.78 is 13.0. The number of benzene rings is 2. The van der Waals surface area contributed by atoms with Crippen molar-refractivity contribution in [3.63, 3.8) is 0 Å². The van der Waals surface area contributed by atoms with Crippen LogP contribution in [0.4, 0.5) is 10.1 Å². The zero-order valence-electron chi connectivity index (χ0n) is 12.6. The smallest absolute Gasteiger partial charge is 0.305 e. The molecule has 1 N–H and O–H groups in total. The second-order valence-electron chi connectivity index (χ2n) is 5.21. The van der Waals surface area contributed by atoms with Gasteiger partial charge < -0.3 is 10.0 Å². The molecule has 4 heteroatoms. The van der Waals surface area contributed by atoms with E-state index in [9.17, 15) is 9.18 Å². The van der Waals surface area contributed by atoms with Crippen molar-refractivity contribution in [1.29, 1.82) is 0 Å². The van der Waals surface area contributed by atoms with Gasteiger partial charge in [-0.2, -0.15) is 0 Å². The maximum Gasteiger partial charge on any atom is 0.305 e. The van der Waals surface area contributed by atoms with Gasteiger partial charge in [0.1, 0.15) is 5.82 Å². The quantitative estimate of drug-likeness (QED) is 0.844. The van der Waals surface area contributed by atoms with Crippen molar-refractivity contribution in [3.8, 4) is 0 Å². The molecule has 116 valence electrons. The first kappa shape index (κ1) is 16.0. The molecule has 22 heavy (non-hydrogen) atoms. The van der Waals surface area contributed by atoms with Crippen LogP contribution >= 0.6 is 0 Å². The molecule has 0 aliphatic heterocycles. The number of halogens is 1. The molecule has 2 rings (SSSR count). The number of carboxylic acids is 1. The van der Waals surface area contributed by atoms with Crippen molar-refractivity contribution in [1.82, 2.24) is 0 Å². The maximum absolute atomic E-state index is 13.0. The molecule has 2 aromatic carbocycles. The molecular formula is C18H20FNO2. The van der Waals surface area contributed by atoms with E-state index in [2.05, 4.69) is 6.92 Å². The van der Waals surface area contributed by atoms with Crippen LogP contribution in [0.2, 0.25) is 0 Å². The number of aryl methyl sites for hydroxylation is 1. The summed E-state index contributed by atoms with van der Waals surface area (Å²) in [6.45, 7) is 3.06. The van der Waals surface area contributed by atoms with E-state index in [4.69, 9.17) is 5.11 Å². The van der Waals surface area contributed by atoms with Crippen LogP contribution in [0.5, 0.6) is 0 Å². The highest BCUT2D eigenvalue weighted by Crippen LogP contribution is 2.19. The zero-order chi connectivity index (χ0) is 15.9. The Balaban J connectivity index is 2.16. The van der Waals surface area contributed by atoms with Crippen molar-refractivity contribution in [2.75, 3.05) is 11.4 Å². The monoisotopic (exact) mass is 301 g/mol. The zero-order valence-corrected chi connectivity index (χ0v) is 12.6. The molecular weight excluding hydrogens is 281 g/mol. The van der Waals surface area contributed by atoms with Gasteiger partial charge in [0.2, 0.25) is 0 Å². The highest BCUT2D eigenvalue weighted by molar-refractivity contribution is 5.67. The molecule has 3 nitrogen and oxygen atoms in total. The van der Waals surface area contributed by atoms with Gasteiger partial charge in [0.25, 0.3) is 0 Å². The molecule has 0 heterocycles. The van der Waals surface area contributed by atoms with Crippen LogP contribution in [0, 0.1) is 5.82 Å². The molecule has 0 aromatic heterocycles. The minimum Gasteiger partial charge on any atom is -0.481 e. The molecule has 0 aliphatic carbocycles. The van der Waals surface area contributed by atoms with Crippen LogP contribution in [0.25, 0.3) is 0 Å². The number of nitrogens with zero attached hydrogens (tertiary/aromatic N) is 1. The minimum atomic E-state index is -0.825. The lowest BCUT2D eigenvalue weighted by molar-refractivity contribution is -0.136. The molecule has 2 aromatic rings. The van der Waals surface area contributed by atoms with E-state index in [0.29, 0.717) is 13.1 Å². The first-order chi connectivity index (χ1) is 10.6. The fourth-order valence-electron chi connectivity index (χ4n) is 2.28. The first-order valence-electron chi connectivity index (χ1n) is 7.38. The predicted octanol–water partition coefficient (Wildman–Crippen LogP) is 3.87. The van der Waals surface area contributed by atoms with Gasteiger partial charge in [-0.25, -0.2) is 4.39 Å². The number of carbonyl (C=O) groups is 1. The molecule has 0 atom stereocenters. The lowest BCUT2D eigenvalue weighted by Gasteiger charge is -2.24. The summed E-state index contributed by atoms with van der Waals surface area (Å²) in [7, 11) is 0. The fourth-order valence-corrected chi connectivity index (χ4v) is 2.28. The second-order valence-corrected chi connectivity index (χ2v) is 5.21. The maximum atomic E-state index is 13.0. The summed E-state index contributed by atoms with van der Waals surface area (Å²) in [5.41, 5.74) is 3.16. The molecule has 0 bridgehead atoms. The topological polar surface area (TPSA) is 40.5 Å². The Morgan fingerprint density at radius 3 is 2.18 bits per heavy atom. The van der Waals surface area contributed by atoms with Crippen LogP contribution in [0.3, 0.4) is 0 Å². The summed E-state index contributed by atoms with van der Waals surface area (Å²) in [6.07, 6.45) is 1.03. The summed E-state index contributed by atoms with van der Waals surface area (Å²) in [6, 6.07) is 14.4. The van der Waals surface area contributed by atoms with Crippen LogP contribution in [-0.4, -0.2) is 17.6 Å². The number of hydrogen-bond donors (Lipinski definition) is 1. The van der Waals surface area contributed by atoms with Crippen molar-refractivity contribution < 1.29 is 14.3 Å². The van der Waals surface area contributed by atoms with Crippen LogP contribution < -0.4 is 4.90 Å². The Morgan fingerprint density at radius 2 is 1.64 bits per heavy atom. The largest absolute Gasteiger partial charge is 0.481 e. The molecule has 0 amide bonds. The minimum absolute atomic E-state index is 0.0662. The SMILES string of the molecule is CCc1ccc(N(CCC(=O)O)Cc2ccc(F)cc2)cc1. The van der Waals surface area contributed by atoms with Gasteiger partial charge in [-0.15, -0.1) is 0 Å². The molecule has 0 aliphatic rings. The van der Waals surface area contributed by atoms with Gasteiger partial charge in [-0.3, -0.25) is 4.79 Å².